The lowest BCUT2D eigenvalue weighted by Crippen LogP contribution is -2.05. The molecule has 0 fully saturated rings. The summed E-state index contributed by atoms with van der Waals surface area (Å²) in [6.45, 7) is 4.09. The second-order valence-electron chi connectivity index (χ2n) is 3.12. The van der Waals surface area contributed by atoms with Gasteiger partial charge in [-0.05, 0) is 19.4 Å². The summed E-state index contributed by atoms with van der Waals surface area (Å²) >= 11 is 0. The van der Waals surface area contributed by atoms with E-state index in [-0.39, 0.29) is 12.0 Å². The Kier molecular flexibility index (Phi) is 4.54. The molecule has 0 saturated heterocycles. The fraction of sp³-hybridized carbons (Fsp3) is 0.333. The van der Waals surface area contributed by atoms with Gasteiger partial charge in [0.15, 0.2) is 0 Å². The molecule has 0 radical (unpaired) electrons. The molecule has 0 bridgehead atoms. The van der Waals surface area contributed by atoms with Gasteiger partial charge in [0.1, 0.15) is 6.21 Å². The lowest BCUT2D eigenvalue weighted by molar-refractivity contribution is -0.134. The summed E-state index contributed by atoms with van der Waals surface area (Å²) in [6, 6.07) is 9.79. The molecule has 0 aliphatic heterocycles. The van der Waals surface area contributed by atoms with Gasteiger partial charge in [0.05, 0.1) is 12.6 Å². The number of benzene rings is 1. The van der Waals surface area contributed by atoms with Crippen LogP contribution >= 0.6 is 0 Å². The normalized spacial score (nSPS) is 12.7. The van der Waals surface area contributed by atoms with Crippen molar-refractivity contribution in [3.63, 3.8) is 0 Å². The number of rotatable bonds is 4. The van der Waals surface area contributed by atoms with Crippen LogP contribution in [-0.2, 0) is 9.53 Å². The first kappa shape index (κ1) is 11.4. The highest BCUT2D eigenvalue weighted by Crippen LogP contribution is 2.14. The van der Waals surface area contributed by atoms with Crippen molar-refractivity contribution < 1.29 is 9.53 Å². The number of ether oxygens (including phenoxy) is 1. The molecule has 0 aromatic heterocycles. The zero-order chi connectivity index (χ0) is 11.1. The second kappa shape index (κ2) is 5.96. The number of carbonyl (C=O) groups is 1. The number of carbonyl (C=O) groups excluding carboxylic acids is 1. The molecule has 1 atom stereocenters. The van der Waals surface area contributed by atoms with E-state index in [2.05, 4.69) is 4.99 Å². The Hall–Kier alpha value is -1.64. The largest absolute Gasteiger partial charge is 0.462 e. The molecule has 0 spiro atoms. The molecule has 0 unspecified atom stereocenters. The molecular formula is C12H15NO2. The van der Waals surface area contributed by atoms with E-state index in [1.54, 1.807) is 6.92 Å². The third-order valence-electron chi connectivity index (χ3n) is 1.97. The Balaban J connectivity index is 2.56. The predicted molar refractivity (Wildman–Crippen MR) is 60.0 cm³/mol. The SMILES string of the molecule is CCOC(=O)C=N[C@@H](C)c1ccccc1. The molecule has 0 saturated carbocycles. The van der Waals surface area contributed by atoms with Crippen molar-refractivity contribution in [2.24, 2.45) is 4.99 Å². The van der Waals surface area contributed by atoms with Crippen LogP contribution in [0.3, 0.4) is 0 Å². The second-order valence-corrected chi connectivity index (χ2v) is 3.12. The molecule has 0 aliphatic rings. The molecule has 0 aliphatic carbocycles. The molecule has 0 N–H and O–H groups in total. The van der Waals surface area contributed by atoms with Crippen LogP contribution in [0.1, 0.15) is 25.5 Å². The van der Waals surface area contributed by atoms with Gasteiger partial charge in [-0.25, -0.2) is 4.79 Å². The molecule has 15 heavy (non-hydrogen) atoms. The van der Waals surface area contributed by atoms with E-state index in [1.165, 1.54) is 6.21 Å². The van der Waals surface area contributed by atoms with E-state index in [0.29, 0.717) is 6.61 Å². The van der Waals surface area contributed by atoms with E-state index < -0.39 is 0 Å². The minimum Gasteiger partial charge on any atom is -0.462 e. The van der Waals surface area contributed by atoms with Crippen LogP contribution in [0.5, 0.6) is 0 Å². The van der Waals surface area contributed by atoms with Crippen LogP contribution in [0.4, 0.5) is 0 Å². The Morgan fingerprint density at radius 2 is 2.13 bits per heavy atom. The van der Waals surface area contributed by atoms with Crippen molar-refractivity contribution in [2.75, 3.05) is 6.61 Å². The van der Waals surface area contributed by atoms with E-state index >= 15 is 0 Å². The maximum atomic E-state index is 11.0. The molecule has 3 heteroatoms. The lowest BCUT2D eigenvalue weighted by Gasteiger charge is -2.05. The van der Waals surface area contributed by atoms with E-state index in [9.17, 15) is 4.79 Å². The van der Waals surface area contributed by atoms with Crippen LogP contribution in [0.15, 0.2) is 35.3 Å². The fourth-order valence-corrected chi connectivity index (χ4v) is 1.17. The maximum absolute atomic E-state index is 11.0. The molecule has 1 aromatic rings. The van der Waals surface area contributed by atoms with Crippen molar-refractivity contribution in [3.8, 4) is 0 Å². The summed E-state index contributed by atoms with van der Waals surface area (Å²) in [4.78, 5) is 15.1. The van der Waals surface area contributed by atoms with Gasteiger partial charge >= 0.3 is 5.97 Å². The minimum atomic E-state index is -0.389. The summed E-state index contributed by atoms with van der Waals surface area (Å²) in [6.07, 6.45) is 1.24. The Bertz CT molecular complexity index is 333. The molecule has 3 nitrogen and oxygen atoms in total. The van der Waals surface area contributed by atoms with Crippen molar-refractivity contribution >= 4 is 12.2 Å². The Labute approximate surface area is 89.8 Å². The summed E-state index contributed by atoms with van der Waals surface area (Å²) in [7, 11) is 0. The number of esters is 1. The summed E-state index contributed by atoms with van der Waals surface area (Å²) in [5, 5.41) is 0. The van der Waals surface area contributed by atoms with Crippen LogP contribution in [0.25, 0.3) is 0 Å². The summed E-state index contributed by atoms with van der Waals surface area (Å²) in [5.74, 6) is -0.389. The number of aliphatic imine (C=N–C) groups is 1. The molecule has 0 amide bonds. The lowest BCUT2D eigenvalue weighted by atomic mass is 10.1. The smallest absolute Gasteiger partial charge is 0.348 e. The predicted octanol–water partition coefficient (Wildman–Crippen LogP) is 2.38. The maximum Gasteiger partial charge on any atom is 0.348 e. The quantitative estimate of drug-likeness (QED) is 0.559. The Morgan fingerprint density at radius 3 is 2.73 bits per heavy atom. The standard InChI is InChI=1S/C12H15NO2/c1-3-15-12(14)9-13-10(2)11-7-5-4-6-8-11/h4-10H,3H2,1-2H3/t10-/m0/s1. The van der Waals surface area contributed by atoms with Crippen LogP contribution in [-0.4, -0.2) is 18.8 Å². The number of nitrogens with zero attached hydrogens (tertiary/aromatic N) is 1. The minimum absolute atomic E-state index is 0.0180. The molecule has 1 aromatic carbocycles. The van der Waals surface area contributed by atoms with Crippen LogP contribution in [0, 0.1) is 0 Å². The van der Waals surface area contributed by atoms with Gasteiger partial charge in [0, 0.05) is 0 Å². The van der Waals surface area contributed by atoms with Crippen molar-refractivity contribution in [1.82, 2.24) is 0 Å². The van der Waals surface area contributed by atoms with Gasteiger partial charge in [-0.1, -0.05) is 30.3 Å². The van der Waals surface area contributed by atoms with E-state index in [0.717, 1.165) is 5.56 Å². The molecular weight excluding hydrogens is 190 g/mol. The first-order valence-corrected chi connectivity index (χ1v) is 4.99. The molecule has 0 heterocycles. The summed E-state index contributed by atoms with van der Waals surface area (Å²) < 4.78 is 4.74. The average Bonchev–Trinajstić information content (AvgIpc) is 2.27. The van der Waals surface area contributed by atoms with Crippen LogP contribution in [0.2, 0.25) is 0 Å². The van der Waals surface area contributed by atoms with Crippen LogP contribution < -0.4 is 0 Å². The average molecular weight is 205 g/mol. The zero-order valence-corrected chi connectivity index (χ0v) is 9.01. The zero-order valence-electron chi connectivity index (χ0n) is 9.01. The van der Waals surface area contributed by atoms with Gasteiger partial charge in [-0.3, -0.25) is 4.99 Å². The van der Waals surface area contributed by atoms with Gasteiger partial charge in [-0.2, -0.15) is 0 Å². The van der Waals surface area contributed by atoms with E-state index in [1.807, 2.05) is 37.3 Å². The topological polar surface area (TPSA) is 38.7 Å². The fourth-order valence-electron chi connectivity index (χ4n) is 1.17. The first-order chi connectivity index (χ1) is 7.24. The van der Waals surface area contributed by atoms with Gasteiger partial charge < -0.3 is 4.74 Å². The van der Waals surface area contributed by atoms with E-state index in [4.69, 9.17) is 4.74 Å². The van der Waals surface area contributed by atoms with Gasteiger partial charge in [0.2, 0.25) is 0 Å². The number of hydrogen-bond donors (Lipinski definition) is 0. The Morgan fingerprint density at radius 1 is 1.47 bits per heavy atom. The monoisotopic (exact) mass is 205 g/mol. The van der Waals surface area contributed by atoms with Gasteiger partial charge in [-0.15, -0.1) is 0 Å². The first-order valence-electron chi connectivity index (χ1n) is 4.99. The highest BCUT2D eigenvalue weighted by molar-refractivity contribution is 6.23. The van der Waals surface area contributed by atoms with Crippen molar-refractivity contribution in [1.29, 1.82) is 0 Å². The number of hydrogen-bond acceptors (Lipinski definition) is 3. The third kappa shape index (κ3) is 3.94. The van der Waals surface area contributed by atoms with Crippen molar-refractivity contribution in [3.05, 3.63) is 35.9 Å². The highest BCUT2D eigenvalue weighted by Gasteiger charge is 2.02. The molecule has 80 valence electrons. The summed E-state index contributed by atoms with van der Waals surface area (Å²) in [5.41, 5.74) is 1.08. The highest BCUT2D eigenvalue weighted by atomic mass is 16.5. The molecule has 1 rings (SSSR count). The van der Waals surface area contributed by atoms with Gasteiger partial charge in [0.25, 0.3) is 0 Å². The van der Waals surface area contributed by atoms with Crippen molar-refractivity contribution in [2.45, 2.75) is 19.9 Å². The third-order valence-corrected chi connectivity index (χ3v) is 1.97.